The molecule has 122 valence electrons. The Balaban J connectivity index is 2.43. The predicted octanol–water partition coefficient (Wildman–Crippen LogP) is 2.56. The third-order valence-corrected chi connectivity index (χ3v) is 4.89. The lowest BCUT2D eigenvalue weighted by Crippen LogP contribution is -2.17. The molecule has 0 bridgehead atoms. The molecule has 0 aliphatic rings. The lowest BCUT2D eigenvalue weighted by atomic mass is 10.1. The highest BCUT2D eigenvalue weighted by Crippen LogP contribution is 2.25. The Morgan fingerprint density at radius 2 is 1.78 bits per heavy atom. The molecule has 0 aromatic heterocycles. The van der Waals surface area contributed by atoms with Crippen LogP contribution >= 0.6 is 0 Å². The molecule has 7 heteroatoms. The smallest absolute Gasteiger partial charge is 0.337 e. The Hall–Kier alpha value is -2.54. The third-order valence-electron chi connectivity index (χ3n) is 3.34. The van der Waals surface area contributed by atoms with Crippen molar-refractivity contribution < 1.29 is 18.3 Å². The van der Waals surface area contributed by atoms with Crippen molar-refractivity contribution in [2.75, 3.05) is 23.7 Å². The molecular formula is C16H18N2O4S. The highest BCUT2D eigenvalue weighted by molar-refractivity contribution is 7.92. The van der Waals surface area contributed by atoms with E-state index < -0.39 is 16.0 Å². The van der Waals surface area contributed by atoms with Crippen molar-refractivity contribution in [2.24, 2.45) is 0 Å². The number of hydrogen-bond acceptors (Lipinski definition) is 4. The molecular weight excluding hydrogens is 316 g/mol. The van der Waals surface area contributed by atoms with Crippen molar-refractivity contribution in [3.05, 3.63) is 53.6 Å². The molecule has 0 atom stereocenters. The molecule has 0 heterocycles. The average Bonchev–Trinajstić information content (AvgIpc) is 2.46. The zero-order chi connectivity index (χ0) is 17.2. The molecule has 0 saturated heterocycles. The van der Waals surface area contributed by atoms with Crippen molar-refractivity contribution in [1.29, 1.82) is 0 Å². The van der Waals surface area contributed by atoms with E-state index in [0.29, 0.717) is 11.3 Å². The van der Waals surface area contributed by atoms with Crippen LogP contribution in [0.4, 0.5) is 11.4 Å². The van der Waals surface area contributed by atoms with E-state index in [-0.39, 0.29) is 16.1 Å². The summed E-state index contributed by atoms with van der Waals surface area (Å²) < 4.78 is 27.3. The fourth-order valence-electron chi connectivity index (χ4n) is 2.23. The Bertz CT molecular complexity index is 845. The van der Waals surface area contributed by atoms with Gasteiger partial charge >= 0.3 is 5.97 Å². The van der Waals surface area contributed by atoms with Gasteiger partial charge in [0.1, 0.15) is 0 Å². The van der Waals surface area contributed by atoms with E-state index in [0.717, 1.165) is 0 Å². The summed E-state index contributed by atoms with van der Waals surface area (Å²) in [5.41, 5.74) is 1.34. The number of rotatable bonds is 5. The summed E-state index contributed by atoms with van der Waals surface area (Å²) in [6.07, 6.45) is 0. The molecule has 2 N–H and O–H groups in total. The van der Waals surface area contributed by atoms with Gasteiger partial charge in [-0.15, -0.1) is 0 Å². The second kappa shape index (κ2) is 6.29. The van der Waals surface area contributed by atoms with Crippen molar-refractivity contribution in [3.63, 3.8) is 0 Å². The Kier molecular flexibility index (Phi) is 4.60. The van der Waals surface area contributed by atoms with Gasteiger partial charge < -0.3 is 10.0 Å². The first kappa shape index (κ1) is 16.8. The maximum atomic E-state index is 12.5. The lowest BCUT2D eigenvalue weighted by molar-refractivity contribution is 0.0697. The number of aryl methyl sites for hydroxylation is 1. The van der Waals surface area contributed by atoms with Gasteiger partial charge in [-0.1, -0.05) is 18.2 Å². The van der Waals surface area contributed by atoms with Gasteiger partial charge in [-0.2, -0.15) is 0 Å². The third kappa shape index (κ3) is 3.62. The molecule has 0 amide bonds. The fourth-order valence-corrected chi connectivity index (χ4v) is 3.53. The molecule has 2 aromatic carbocycles. The van der Waals surface area contributed by atoms with Crippen LogP contribution in [0.15, 0.2) is 47.4 Å². The highest BCUT2D eigenvalue weighted by Gasteiger charge is 2.18. The molecule has 23 heavy (non-hydrogen) atoms. The maximum Gasteiger partial charge on any atom is 0.337 e. The fraction of sp³-hybridized carbons (Fsp3) is 0.188. The number of nitrogens with one attached hydrogen (secondary N) is 1. The van der Waals surface area contributed by atoms with Crippen LogP contribution in [0, 0.1) is 6.92 Å². The van der Waals surface area contributed by atoms with Crippen molar-refractivity contribution in [1.82, 2.24) is 0 Å². The molecule has 0 aliphatic heterocycles. The van der Waals surface area contributed by atoms with Gasteiger partial charge in [0.15, 0.2) is 0 Å². The van der Waals surface area contributed by atoms with Crippen molar-refractivity contribution in [3.8, 4) is 0 Å². The van der Waals surface area contributed by atoms with E-state index in [9.17, 15) is 18.3 Å². The zero-order valence-electron chi connectivity index (χ0n) is 13.1. The van der Waals surface area contributed by atoms with E-state index >= 15 is 0 Å². The minimum absolute atomic E-state index is 0.0278. The molecule has 0 radical (unpaired) electrons. The van der Waals surface area contributed by atoms with Crippen LogP contribution < -0.4 is 9.62 Å². The standard InChI is InChI=1S/C16H18N2O4S/c1-11-6-4-5-7-15(11)23(21,22)17-12-8-9-14(18(2)3)13(10-12)16(19)20/h4-10,17H,1-3H3,(H,19,20). The number of anilines is 2. The summed E-state index contributed by atoms with van der Waals surface area (Å²) >= 11 is 0. The molecule has 2 rings (SSSR count). The summed E-state index contributed by atoms with van der Waals surface area (Å²) in [4.78, 5) is 13.2. The molecule has 0 unspecified atom stereocenters. The maximum absolute atomic E-state index is 12.5. The van der Waals surface area contributed by atoms with E-state index in [1.54, 1.807) is 50.2 Å². The predicted molar refractivity (Wildman–Crippen MR) is 89.7 cm³/mol. The van der Waals surface area contributed by atoms with Crippen LogP contribution in [-0.4, -0.2) is 33.6 Å². The van der Waals surface area contributed by atoms with Crippen LogP contribution in [0.2, 0.25) is 0 Å². The molecule has 0 spiro atoms. The van der Waals surface area contributed by atoms with E-state index in [2.05, 4.69) is 4.72 Å². The van der Waals surface area contributed by atoms with E-state index in [4.69, 9.17) is 0 Å². The van der Waals surface area contributed by atoms with Crippen LogP contribution in [0.5, 0.6) is 0 Å². The SMILES string of the molecule is Cc1ccccc1S(=O)(=O)Nc1ccc(N(C)C)c(C(=O)O)c1. The lowest BCUT2D eigenvalue weighted by Gasteiger charge is -2.17. The molecule has 6 nitrogen and oxygen atoms in total. The summed E-state index contributed by atoms with van der Waals surface area (Å²) in [5.74, 6) is -1.12. The van der Waals surface area contributed by atoms with Gasteiger partial charge in [0.05, 0.1) is 16.1 Å². The van der Waals surface area contributed by atoms with Gasteiger partial charge in [0, 0.05) is 19.8 Å². The second-order valence-electron chi connectivity index (χ2n) is 5.30. The highest BCUT2D eigenvalue weighted by atomic mass is 32.2. The zero-order valence-corrected chi connectivity index (χ0v) is 13.9. The van der Waals surface area contributed by atoms with Gasteiger partial charge in [-0.25, -0.2) is 13.2 Å². The van der Waals surface area contributed by atoms with Gasteiger partial charge in [0.25, 0.3) is 10.0 Å². The number of sulfonamides is 1. The summed E-state index contributed by atoms with van der Waals surface area (Å²) in [6, 6.07) is 11.0. The van der Waals surface area contributed by atoms with E-state index in [1.807, 2.05) is 0 Å². The summed E-state index contributed by atoms with van der Waals surface area (Å²) in [7, 11) is -0.334. The normalized spacial score (nSPS) is 11.1. The molecule has 0 fully saturated rings. The number of nitrogens with zero attached hydrogens (tertiary/aromatic N) is 1. The van der Waals surface area contributed by atoms with E-state index in [1.165, 1.54) is 18.2 Å². The monoisotopic (exact) mass is 334 g/mol. The molecule has 0 saturated carbocycles. The number of hydrogen-bond donors (Lipinski definition) is 2. The average molecular weight is 334 g/mol. The van der Waals surface area contributed by atoms with Crippen LogP contribution in [0.25, 0.3) is 0 Å². The Morgan fingerprint density at radius 1 is 1.13 bits per heavy atom. The summed E-state index contributed by atoms with van der Waals surface area (Å²) in [6.45, 7) is 1.70. The van der Waals surface area contributed by atoms with Gasteiger partial charge in [0.2, 0.25) is 0 Å². The topological polar surface area (TPSA) is 86.7 Å². The number of benzene rings is 2. The minimum atomic E-state index is -3.78. The number of carboxylic acid groups (broad SMARTS) is 1. The van der Waals surface area contributed by atoms with Crippen LogP contribution in [0.3, 0.4) is 0 Å². The van der Waals surface area contributed by atoms with Gasteiger partial charge in [-0.05, 0) is 36.8 Å². The van der Waals surface area contributed by atoms with Crippen LogP contribution in [-0.2, 0) is 10.0 Å². The second-order valence-corrected chi connectivity index (χ2v) is 6.95. The van der Waals surface area contributed by atoms with Gasteiger partial charge in [-0.3, -0.25) is 4.72 Å². The first-order valence-electron chi connectivity index (χ1n) is 6.85. The summed E-state index contributed by atoms with van der Waals surface area (Å²) in [5, 5.41) is 9.29. The quantitative estimate of drug-likeness (QED) is 0.877. The Labute approximate surface area is 135 Å². The number of carbonyl (C=O) groups is 1. The first-order valence-corrected chi connectivity index (χ1v) is 8.34. The van der Waals surface area contributed by atoms with Crippen molar-refractivity contribution in [2.45, 2.75) is 11.8 Å². The molecule has 0 aliphatic carbocycles. The number of aromatic carboxylic acids is 1. The largest absolute Gasteiger partial charge is 0.478 e. The number of carboxylic acids is 1. The Morgan fingerprint density at radius 3 is 2.35 bits per heavy atom. The molecule has 2 aromatic rings. The van der Waals surface area contributed by atoms with Crippen molar-refractivity contribution >= 4 is 27.4 Å². The van der Waals surface area contributed by atoms with Crippen LogP contribution in [0.1, 0.15) is 15.9 Å². The minimum Gasteiger partial charge on any atom is -0.478 e. The first-order chi connectivity index (χ1) is 10.7.